The molecule has 0 spiro atoms. The molecule has 19 heavy (non-hydrogen) atoms. The first-order valence-electron chi connectivity index (χ1n) is 7.62. The second kappa shape index (κ2) is 7.36. The molecule has 0 amide bonds. The smallest absolute Gasteiger partial charge is 0.0944 e. The van der Waals surface area contributed by atoms with Crippen LogP contribution in [0.2, 0.25) is 0 Å². The molecule has 1 aliphatic rings. The van der Waals surface area contributed by atoms with E-state index in [1.807, 2.05) is 11.3 Å². The van der Waals surface area contributed by atoms with Gasteiger partial charge in [0.2, 0.25) is 0 Å². The molecular formula is C15H27N3S. The van der Waals surface area contributed by atoms with E-state index in [4.69, 9.17) is 4.98 Å². The minimum Gasteiger partial charge on any atom is -0.312 e. The summed E-state index contributed by atoms with van der Waals surface area (Å²) >= 11 is 1.91. The Balaban J connectivity index is 1.95. The van der Waals surface area contributed by atoms with Gasteiger partial charge in [0.15, 0.2) is 0 Å². The van der Waals surface area contributed by atoms with Crippen LogP contribution in [0.1, 0.15) is 55.1 Å². The Morgan fingerprint density at radius 3 is 2.68 bits per heavy atom. The van der Waals surface area contributed by atoms with Crippen molar-refractivity contribution in [2.45, 2.75) is 52.5 Å². The molecule has 1 aliphatic heterocycles. The number of nitrogens with zero attached hydrogens (tertiary/aromatic N) is 2. The van der Waals surface area contributed by atoms with E-state index in [-0.39, 0.29) is 0 Å². The number of hydrogen-bond donors (Lipinski definition) is 1. The lowest BCUT2D eigenvalue weighted by molar-refractivity contribution is 0.343. The zero-order valence-electron chi connectivity index (χ0n) is 12.5. The molecule has 0 unspecified atom stereocenters. The summed E-state index contributed by atoms with van der Waals surface area (Å²) in [5, 5.41) is 4.75. The minimum atomic E-state index is 0.533. The Morgan fingerprint density at radius 2 is 2.05 bits per heavy atom. The fraction of sp³-hybridized carbons (Fsp3) is 0.800. The van der Waals surface area contributed by atoms with Gasteiger partial charge in [-0.3, -0.25) is 0 Å². The quantitative estimate of drug-likeness (QED) is 0.833. The lowest BCUT2D eigenvalue weighted by Crippen LogP contribution is -2.21. The van der Waals surface area contributed by atoms with Gasteiger partial charge in [-0.05, 0) is 38.4 Å². The Morgan fingerprint density at radius 1 is 1.32 bits per heavy atom. The highest BCUT2D eigenvalue weighted by molar-refractivity contribution is 7.11. The Bertz CT molecular complexity index is 381. The van der Waals surface area contributed by atoms with Crippen LogP contribution in [0.4, 0.5) is 0 Å². The lowest BCUT2D eigenvalue weighted by atomic mass is 10.1. The van der Waals surface area contributed by atoms with Gasteiger partial charge in [-0.15, -0.1) is 11.3 Å². The van der Waals surface area contributed by atoms with Gasteiger partial charge in [-0.25, -0.2) is 4.98 Å². The van der Waals surface area contributed by atoms with Crippen molar-refractivity contribution in [1.29, 1.82) is 0 Å². The summed E-state index contributed by atoms with van der Waals surface area (Å²) < 4.78 is 0. The van der Waals surface area contributed by atoms with Crippen LogP contribution < -0.4 is 5.32 Å². The van der Waals surface area contributed by atoms with E-state index in [0.717, 1.165) is 19.5 Å². The number of aromatic nitrogens is 1. The summed E-state index contributed by atoms with van der Waals surface area (Å²) in [7, 11) is 0. The van der Waals surface area contributed by atoms with Crippen molar-refractivity contribution in [3.05, 3.63) is 15.6 Å². The molecule has 0 bridgehead atoms. The van der Waals surface area contributed by atoms with Crippen molar-refractivity contribution in [1.82, 2.24) is 15.2 Å². The predicted molar refractivity (Wildman–Crippen MR) is 83.0 cm³/mol. The highest BCUT2D eigenvalue weighted by Crippen LogP contribution is 2.25. The Hall–Kier alpha value is -0.450. The van der Waals surface area contributed by atoms with Gasteiger partial charge in [0.1, 0.15) is 0 Å². The number of rotatable bonds is 7. The summed E-state index contributed by atoms with van der Waals surface area (Å²) in [6.07, 6.45) is 3.87. The maximum Gasteiger partial charge on any atom is 0.0944 e. The van der Waals surface area contributed by atoms with E-state index < -0.39 is 0 Å². The highest BCUT2D eigenvalue weighted by atomic mass is 32.1. The second-order valence-corrected chi connectivity index (χ2v) is 6.82. The molecule has 1 aromatic heterocycles. The van der Waals surface area contributed by atoms with Gasteiger partial charge in [-0.2, -0.15) is 0 Å². The van der Waals surface area contributed by atoms with Crippen molar-refractivity contribution >= 4 is 11.3 Å². The average Bonchev–Trinajstić information content (AvgIpc) is 3.03. The molecule has 2 heterocycles. The van der Waals surface area contributed by atoms with Crippen molar-refractivity contribution in [2.75, 3.05) is 26.2 Å². The van der Waals surface area contributed by atoms with Crippen molar-refractivity contribution in [3.63, 3.8) is 0 Å². The van der Waals surface area contributed by atoms with Gasteiger partial charge in [0, 0.05) is 24.4 Å². The zero-order valence-corrected chi connectivity index (χ0v) is 13.4. The lowest BCUT2D eigenvalue weighted by Gasteiger charge is -2.12. The molecular weight excluding hydrogens is 254 g/mol. The monoisotopic (exact) mass is 281 g/mol. The van der Waals surface area contributed by atoms with Crippen LogP contribution >= 0.6 is 11.3 Å². The van der Waals surface area contributed by atoms with Crippen LogP contribution in [0.15, 0.2) is 0 Å². The van der Waals surface area contributed by atoms with Crippen molar-refractivity contribution in [2.24, 2.45) is 0 Å². The van der Waals surface area contributed by atoms with Crippen LogP contribution in [0.25, 0.3) is 0 Å². The largest absolute Gasteiger partial charge is 0.312 e. The molecule has 1 saturated heterocycles. The SMILES string of the molecule is CCNCc1sc(CCN2CCCC2)nc1C(C)C. The third-order valence-corrected chi connectivity index (χ3v) is 4.83. The molecule has 0 aliphatic carbocycles. The predicted octanol–water partition coefficient (Wildman–Crippen LogP) is 3.01. The van der Waals surface area contributed by atoms with E-state index in [2.05, 4.69) is 31.0 Å². The molecule has 1 aromatic rings. The van der Waals surface area contributed by atoms with Crippen LogP contribution in [-0.4, -0.2) is 36.1 Å². The summed E-state index contributed by atoms with van der Waals surface area (Å²) in [5.74, 6) is 0.533. The minimum absolute atomic E-state index is 0.533. The topological polar surface area (TPSA) is 28.2 Å². The van der Waals surface area contributed by atoms with Crippen LogP contribution in [0.3, 0.4) is 0 Å². The Kier molecular flexibility index (Phi) is 5.79. The van der Waals surface area contributed by atoms with Gasteiger partial charge in [0.05, 0.1) is 10.7 Å². The number of nitrogens with one attached hydrogen (secondary N) is 1. The first-order valence-corrected chi connectivity index (χ1v) is 8.44. The normalized spacial score (nSPS) is 16.6. The van der Waals surface area contributed by atoms with Gasteiger partial charge < -0.3 is 10.2 Å². The second-order valence-electron chi connectivity index (χ2n) is 5.65. The third-order valence-electron chi connectivity index (χ3n) is 3.69. The molecule has 0 aromatic carbocycles. The van der Waals surface area contributed by atoms with E-state index in [0.29, 0.717) is 5.92 Å². The molecule has 0 saturated carbocycles. The first-order chi connectivity index (χ1) is 9.20. The Labute approximate surface area is 121 Å². The van der Waals surface area contributed by atoms with Crippen LogP contribution in [0, 0.1) is 0 Å². The maximum atomic E-state index is 4.88. The average molecular weight is 281 g/mol. The summed E-state index contributed by atoms with van der Waals surface area (Å²) in [4.78, 5) is 8.88. The maximum absolute atomic E-state index is 4.88. The van der Waals surface area contributed by atoms with E-state index in [1.54, 1.807) is 0 Å². The molecule has 2 rings (SSSR count). The fourth-order valence-electron chi connectivity index (χ4n) is 2.60. The molecule has 0 radical (unpaired) electrons. The van der Waals surface area contributed by atoms with Gasteiger partial charge in [0.25, 0.3) is 0 Å². The number of thiazole rings is 1. The highest BCUT2D eigenvalue weighted by Gasteiger charge is 2.16. The fourth-order valence-corrected chi connectivity index (χ4v) is 3.78. The molecule has 4 heteroatoms. The van der Waals surface area contributed by atoms with Crippen LogP contribution in [0.5, 0.6) is 0 Å². The number of hydrogen-bond acceptors (Lipinski definition) is 4. The third kappa shape index (κ3) is 4.26. The standard InChI is InChI=1S/C15H27N3S/c1-4-16-11-13-15(12(2)3)17-14(19-13)7-10-18-8-5-6-9-18/h12,16H,4-11H2,1-3H3. The van der Waals surface area contributed by atoms with E-state index in [1.165, 1.54) is 48.1 Å². The van der Waals surface area contributed by atoms with Crippen LogP contribution in [-0.2, 0) is 13.0 Å². The molecule has 1 N–H and O–H groups in total. The van der Waals surface area contributed by atoms with E-state index >= 15 is 0 Å². The van der Waals surface area contributed by atoms with Gasteiger partial charge in [-0.1, -0.05) is 20.8 Å². The molecule has 1 fully saturated rings. The van der Waals surface area contributed by atoms with E-state index in [9.17, 15) is 0 Å². The summed E-state index contributed by atoms with van der Waals surface area (Å²) in [6.45, 7) is 12.4. The molecule has 0 atom stereocenters. The first kappa shape index (κ1) is 14.9. The summed E-state index contributed by atoms with van der Waals surface area (Å²) in [5.41, 5.74) is 1.31. The molecule has 3 nitrogen and oxygen atoms in total. The van der Waals surface area contributed by atoms with Gasteiger partial charge >= 0.3 is 0 Å². The summed E-state index contributed by atoms with van der Waals surface area (Å²) in [6, 6.07) is 0. The number of likely N-dealkylation sites (tertiary alicyclic amines) is 1. The molecule has 108 valence electrons. The van der Waals surface area contributed by atoms with Crippen molar-refractivity contribution in [3.8, 4) is 0 Å². The van der Waals surface area contributed by atoms with Crippen molar-refractivity contribution < 1.29 is 0 Å². The zero-order chi connectivity index (χ0) is 13.7.